The van der Waals surface area contributed by atoms with Gasteiger partial charge in [-0.25, -0.2) is 8.42 Å². The number of fused-ring (bicyclic) bond motifs is 1. The molecule has 0 aromatic heterocycles. The molecule has 1 N–H and O–H groups in total. The summed E-state index contributed by atoms with van der Waals surface area (Å²) in [5, 5.41) is 0. The minimum absolute atomic E-state index is 0.158. The highest BCUT2D eigenvalue weighted by atomic mass is 32.2. The van der Waals surface area contributed by atoms with Crippen LogP contribution in [0.1, 0.15) is 31.7 Å². The van der Waals surface area contributed by atoms with Gasteiger partial charge in [-0.1, -0.05) is 32.0 Å². The molecule has 2 aromatic rings. The first-order valence-corrected chi connectivity index (χ1v) is 9.51. The van der Waals surface area contributed by atoms with E-state index in [0.29, 0.717) is 30.4 Å². The lowest BCUT2D eigenvalue weighted by Gasteiger charge is -2.20. The Kier molecular flexibility index (Phi) is 4.66. The Balaban J connectivity index is 1.92. The third kappa shape index (κ3) is 3.33. The normalized spacial score (nSPS) is 14.9. The Morgan fingerprint density at radius 3 is 2.54 bits per heavy atom. The molecule has 0 saturated carbocycles. The number of rotatable bonds is 5. The fourth-order valence-electron chi connectivity index (χ4n) is 2.63. The predicted molar refractivity (Wildman–Crippen MR) is 93.4 cm³/mol. The van der Waals surface area contributed by atoms with Crippen molar-refractivity contribution in [3.63, 3.8) is 0 Å². The molecular weight excluding hydrogens is 326 g/mol. The van der Waals surface area contributed by atoms with Crippen molar-refractivity contribution in [2.24, 2.45) is 0 Å². The van der Waals surface area contributed by atoms with Gasteiger partial charge in [0.25, 0.3) is 10.0 Å². The molecule has 0 saturated heterocycles. The Labute approximate surface area is 142 Å². The molecule has 0 radical (unpaired) electrons. The molecule has 0 aliphatic carbocycles. The summed E-state index contributed by atoms with van der Waals surface area (Å²) in [6, 6.07) is 12.2. The van der Waals surface area contributed by atoms with Crippen LogP contribution in [0, 0.1) is 0 Å². The topological polar surface area (TPSA) is 64.6 Å². The highest BCUT2D eigenvalue weighted by Crippen LogP contribution is 2.33. The van der Waals surface area contributed by atoms with Crippen LogP contribution in [-0.2, 0) is 10.0 Å². The van der Waals surface area contributed by atoms with E-state index >= 15 is 0 Å². The Morgan fingerprint density at radius 2 is 1.79 bits per heavy atom. The molecule has 0 bridgehead atoms. The second-order valence-electron chi connectivity index (χ2n) is 5.81. The van der Waals surface area contributed by atoms with E-state index in [0.717, 1.165) is 12.0 Å². The van der Waals surface area contributed by atoms with Gasteiger partial charge in [-0.15, -0.1) is 0 Å². The van der Waals surface area contributed by atoms with Gasteiger partial charge in [0.2, 0.25) is 0 Å². The van der Waals surface area contributed by atoms with Crippen molar-refractivity contribution < 1.29 is 17.9 Å². The second kappa shape index (κ2) is 6.73. The van der Waals surface area contributed by atoms with Crippen molar-refractivity contribution in [3.05, 3.63) is 48.0 Å². The number of anilines is 1. The first-order chi connectivity index (χ1) is 11.5. The van der Waals surface area contributed by atoms with Crippen LogP contribution >= 0.6 is 0 Å². The molecule has 1 atom stereocenters. The van der Waals surface area contributed by atoms with Gasteiger partial charge in [-0.2, -0.15) is 0 Å². The Morgan fingerprint density at radius 1 is 1.08 bits per heavy atom. The van der Waals surface area contributed by atoms with Gasteiger partial charge in [0.05, 0.1) is 10.6 Å². The maximum Gasteiger partial charge on any atom is 0.262 e. The first kappa shape index (κ1) is 16.6. The lowest BCUT2D eigenvalue weighted by Crippen LogP contribution is -2.18. The highest BCUT2D eigenvalue weighted by molar-refractivity contribution is 7.92. The molecular formula is C18H21NO4S. The van der Waals surface area contributed by atoms with Crippen LogP contribution in [0.5, 0.6) is 11.5 Å². The van der Waals surface area contributed by atoms with E-state index in [1.807, 2.05) is 18.2 Å². The summed E-state index contributed by atoms with van der Waals surface area (Å²) in [6.45, 7) is 5.05. The number of sulfonamides is 1. The van der Waals surface area contributed by atoms with Crippen LogP contribution in [0.25, 0.3) is 0 Å². The molecule has 24 heavy (non-hydrogen) atoms. The summed E-state index contributed by atoms with van der Waals surface area (Å²) in [4.78, 5) is 0.158. The third-order valence-corrected chi connectivity index (χ3v) is 5.54. The minimum atomic E-state index is -3.70. The molecule has 1 aliphatic heterocycles. The largest absolute Gasteiger partial charge is 0.486 e. The highest BCUT2D eigenvalue weighted by Gasteiger charge is 2.21. The average Bonchev–Trinajstić information content (AvgIpc) is 2.60. The SMILES string of the molecule is CC[C@H](C)c1ccccc1NS(=O)(=O)c1ccc2c(c1)OCCO2. The number of hydrogen-bond acceptors (Lipinski definition) is 4. The fourth-order valence-corrected chi connectivity index (χ4v) is 3.74. The molecule has 0 unspecified atom stereocenters. The van der Waals surface area contributed by atoms with Crippen molar-refractivity contribution in [3.8, 4) is 11.5 Å². The summed E-state index contributed by atoms with van der Waals surface area (Å²) < 4.78 is 39.1. The molecule has 128 valence electrons. The number of hydrogen-bond donors (Lipinski definition) is 1. The van der Waals surface area contributed by atoms with E-state index in [1.165, 1.54) is 12.1 Å². The van der Waals surface area contributed by atoms with E-state index in [1.54, 1.807) is 12.1 Å². The third-order valence-electron chi connectivity index (χ3n) is 4.17. The zero-order chi connectivity index (χ0) is 17.2. The van der Waals surface area contributed by atoms with Crippen molar-refractivity contribution >= 4 is 15.7 Å². The van der Waals surface area contributed by atoms with E-state index in [-0.39, 0.29) is 10.8 Å². The molecule has 5 nitrogen and oxygen atoms in total. The molecule has 1 heterocycles. The molecule has 1 aliphatic rings. The fraction of sp³-hybridized carbons (Fsp3) is 0.333. The lowest BCUT2D eigenvalue weighted by molar-refractivity contribution is 0.171. The second-order valence-corrected chi connectivity index (χ2v) is 7.49. The van der Waals surface area contributed by atoms with Crippen LogP contribution in [0.2, 0.25) is 0 Å². The van der Waals surface area contributed by atoms with Crippen LogP contribution in [-0.4, -0.2) is 21.6 Å². The monoisotopic (exact) mass is 347 g/mol. The van der Waals surface area contributed by atoms with Gasteiger partial charge in [-0.3, -0.25) is 4.72 Å². The number of para-hydroxylation sites is 1. The molecule has 3 rings (SSSR count). The van der Waals surface area contributed by atoms with E-state index in [4.69, 9.17) is 9.47 Å². The van der Waals surface area contributed by atoms with Gasteiger partial charge >= 0.3 is 0 Å². The molecule has 0 fully saturated rings. The van der Waals surface area contributed by atoms with Gasteiger partial charge in [-0.05, 0) is 36.1 Å². The summed E-state index contributed by atoms with van der Waals surface area (Å²) in [5.74, 6) is 1.30. The zero-order valence-electron chi connectivity index (χ0n) is 13.8. The minimum Gasteiger partial charge on any atom is -0.486 e. The average molecular weight is 347 g/mol. The number of nitrogens with one attached hydrogen (secondary N) is 1. The van der Waals surface area contributed by atoms with Crippen molar-refractivity contribution in [1.29, 1.82) is 0 Å². The van der Waals surface area contributed by atoms with Crippen LogP contribution in [0.15, 0.2) is 47.4 Å². The lowest BCUT2D eigenvalue weighted by atomic mass is 9.97. The molecule has 2 aromatic carbocycles. The van der Waals surface area contributed by atoms with E-state index in [9.17, 15) is 8.42 Å². The molecule has 6 heteroatoms. The van der Waals surface area contributed by atoms with Gasteiger partial charge in [0.15, 0.2) is 11.5 Å². The maximum absolute atomic E-state index is 12.7. The zero-order valence-corrected chi connectivity index (χ0v) is 14.6. The summed E-state index contributed by atoms with van der Waals surface area (Å²) in [7, 11) is -3.70. The van der Waals surface area contributed by atoms with Gasteiger partial charge in [0.1, 0.15) is 13.2 Å². The van der Waals surface area contributed by atoms with Crippen molar-refractivity contribution in [2.75, 3.05) is 17.9 Å². The number of ether oxygens (including phenoxy) is 2. The Hall–Kier alpha value is -2.21. The van der Waals surface area contributed by atoms with E-state index < -0.39 is 10.0 Å². The molecule has 0 spiro atoms. The van der Waals surface area contributed by atoms with Crippen LogP contribution in [0.3, 0.4) is 0 Å². The first-order valence-electron chi connectivity index (χ1n) is 8.02. The molecule has 0 amide bonds. The Bertz CT molecular complexity index is 833. The summed E-state index contributed by atoms with van der Waals surface area (Å²) in [5.41, 5.74) is 1.60. The van der Waals surface area contributed by atoms with Gasteiger partial charge in [0, 0.05) is 6.07 Å². The summed E-state index contributed by atoms with van der Waals surface area (Å²) >= 11 is 0. The van der Waals surface area contributed by atoms with Crippen LogP contribution in [0.4, 0.5) is 5.69 Å². The standard InChI is InChI=1S/C18H21NO4S/c1-3-13(2)15-6-4-5-7-16(15)19-24(20,21)14-8-9-17-18(12-14)23-11-10-22-17/h4-9,12-13,19H,3,10-11H2,1-2H3/t13-/m0/s1. The number of benzene rings is 2. The predicted octanol–water partition coefficient (Wildman–Crippen LogP) is 3.77. The van der Waals surface area contributed by atoms with Gasteiger partial charge < -0.3 is 9.47 Å². The smallest absolute Gasteiger partial charge is 0.262 e. The summed E-state index contributed by atoms with van der Waals surface area (Å²) in [6.07, 6.45) is 0.933. The quantitative estimate of drug-likeness (QED) is 0.894. The van der Waals surface area contributed by atoms with Crippen molar-refractivity contribution in [1.82, 2.24) is 0 Å². The maximum atomic E-state index is 12.7. The van der Waals surface area contributed by atoms with E-state index in [2.05, 4.69) is 18.6 Å². The van der Waals surface area contributed by atoms with Crippen molar-refractivity contribution in [2.45, 2.75) is 31.1 Å². The van der Waals surface area contributed by atoms with Crippen LogP contribution < -0.4 is 14.2 Å².